The van der Waals surface area contributed by atoms with Gasteiger partial charge < -0.3 is 9.47 Å². The lowest BCUT2D eigenvalue weighted by molar-refractivity contribution is -0.139. The molecule has 3 aromatic carbocycles. The van der Waals surface area contributed by atoms with E-state index < -0.39 is 11.9 Å². The number of fused-ring (bicyclic) bond motifs is 3. The summed E-state index contributed by atoms with van der Waals surface area (Å²) in [5.74, 6) is -1.22. The molecule has 4 nitrogen and oxygen atoms in total. The van der Waals surface area contributed by atoms with Crippen LogP contribution in [0.5, 0.6) is 0 Å². The van der Waals surface area contributed by atoms with Crippen LogP contribution in [0.3, 0.4) is 0 Å². The Hall–Kier alpha value is -3.47. The summed E-state index contributed by atoms with van der Waals surface area (Å²) in [5.41, 5.74) is 1.84. The van der Waals surface area contributed by atoms with Crippen molar-refractivity contribution in [3.63, 3.8) is 0 Å². The van der Waals surface area contributed by atoms with Gasteiger partial charge in [0.2, 0.25) is 0 Å². The molecule has 0 saturated heterocycles. The molecule has 154 valence electrons. The molecule has 0 heterocycles. The van der Waals surface area contributed by atoms with E-state index in [0.29, 0.717) is 29.4 Å². The Morgan fingerprint density at radius 2 is 1.67 bits per heavy atom. The van der Waals surface area contributed by atoms with Gasteiger partial charge in [-0.3, -0.25) is 0 Å². The summed E-state index contributed by atoms with van der Waals surface area (Å²) in [4.78, 5) is 22.6. The van der Waals surface area contributed by atoms with E-state index >= 15 is 4.39 Å². The Kier molecular flexibility index (Phi) is 6.62. The predicted octanol–water partition coefficient (Wildman–Crippen LogP) is 5.07. The van der Waals surface area contributed by atoms with Crippen molar-refractivity contribution < 1.29 is 23.5 Å². The molecule has 30 heavy (non-hydrogen) atoms. The minimum absolute atomic E-state index is 0.0987. The molecule has 3 rings (SSSR count). The third-order valence-corrected chi connectivity index (χ3v) is 4.85. The standard InChI is InChI=1S/C25H23FO4/c1-4-23(27)29-13-11-17-5-8-20-19(15-17)7-10-22-21(20)9-6-18(24(22)26)12-14-30-25(28)16(2)3/h4-10,15H,1-2,11-14H2,3H3. The van der Waals surface area contributed by atoms with Gasteiger partial charge in [0.25, 0.3) is 0 Å². The van der Waals surface area contributed by atoms with Crippen molar-refractivity contribution in [2.45, 2.75) is 19.8 Å². The zero-order valence-corrected chi connectivity index (χ0v) is 16.9. The van der Waals surface area contributed by atoms with E-state index in [1.165, 1.54) is 0 Å². The van der Waals surface area contributed by atoms with Gasteiger partial charge >= 0.3 is 11.9 Å². The Balaban J connectivity index is 1.80. The first-order chi connectivity index (χ1) is 14.4. The molecule has 0 fully saturated rings. The van der Waals surface area contributed by atoms with Gasteiger partial charge in [-0.25, -0.2) is 14.0 Å². The molecular weight excluding hydrogens is 383 g/mol. The summed E-state index contributed by atoms with van der Waals surface area (Å²) in [5, 5.41) is 3.27. The largest absolute Gasteiger partial charge is 0.462 e. The second-order valence-electron chi connectivity index (χ2n) is 7.04. The van der Waals surface area contributed by atoms with Gasteiger partial charge in [-0.2, -0.15) is 0 Å². The van der Waals surface area contributed by atoms with Gasteiger partial charge in [0.15, 0.2) is 0 Å². The predicted molar refractivity (Wildman–Crippen MR) is 116 cm³/mol. The molecular formula is C25H23FO4. The van der Waals surface area contributed by atoms with E-state index in [9.17, 15) is 9.59 Å². The smallest absolute Gasteiger partial charge is 0.333 e. The van der Waals surface area contributed by atoms with E-state index in [4.69, 9.17) is 9.47 Å². The molecule has 0 aliphatic rings. The van der Waals surface area contributed by atoms with Crippen molar-refractivity contribution >= 4 is 33.5 Å². The lowest BCUT2D eigenvalue weighted by atomic mass is 9.97. The van der Waals surface area contributed by atoms with Crippen LogP contribution in [0, 0.1) is 5.82 Å². The minimum Gasteiger partial charge on any atom is -0.462 e. The summed E-state index contributed by atoms with van der Waals surface area (Å²) < 4.78 is 25.1. The van der Waals surface area contributed by atoms with Gasteiger partial charge in [0.05, 0.1) is 13.2 Å². The maximum absolute atomic E-state index is 15.0. The van der Waals surface area contributed by atoms with E-state index in [2.05, 4.69) is 13.2 Å². The molecule has 0 N–H and O–H groups in total. The third-order valence-electron chi connectivity index (χ3n) is 4.85. The fourth-order valence-electron chi connectivity index (χ4n) is 3.26. The lowest BCUT2D eigenvalue weighted by Gasteiger charge is -2.11. The SMILES string of the molecule is C=CC(=O)OCCc1ccc2c(ccc3c(F)c(CCOC(=O)C(=C)C)ccc32)c1. The van der Waals surface area contributed by atoms with Crippen LogP contribution in [0.25, 0.3) is 21.5 Å². The van der Waals surface area contributed by atoms with E-state index in [-0.39, 0.29) is 19.0 Å². The fourth-order valence-corrected chi connectivity index (χ4v) is 3.26. The Bertz CT molecular complexity index is 1150. The molecule has 0 amide bonds. The first-order valence-corrected chi connectivity index (χ1v) is 9.65. The normalized spacial score (nSPS) is 10.7. The number of hydrogen-bond donors (Lipinski definition) is 0. The zero-order valence-electron chi connectivity index (χ0n) is 16.9. The Morgan fingerprint density at radius 3 is 2.40 bits per heavy atom. The number of halogens is 1. The van der Waals surface area contributed by atoms with Crippen LogP contribution in [0.15, 0.2) is 67.3 Å². The van der Waals surface area contributed by atoms with E-state index in [1.807, 2.05) is 30.3 Å². The molecule has 5 heteroatoms. The van der Waals surface area contributed by atoms with Gasteiger partial charge in [-0.1, -0.05) is 55.6 Å². The van der Waals surface area contributed by atoms with Crippen LogP contribution in [-0.4, -0.2) is 25.2 Å². The maximum Gasteiger partial charge on any atom is 0.333 e. The summed E-state index contributed by atoms with van der Waals surface area (Å²) in [6, 6.07) is 13.2. The number of carbonyl (C=O) groups excluding carboxylic acids is 2. The van der Waals surface area contributed by atoms with Gasteiger partial charge in [-0.15, -0.1) is 0 Å². The van der Waals surface area contributed by atoms with Crippen molar-refractivity contribution in [1.82, 2.24) is 0 Å². The molecule has 3 aromatic rings. The van der Waals surface area contributed by atoms with Crippen molar-refractivity contribution in [1.29, 1.82) is 0 Å². The number of benzene rings is 3. The van der Waals surface area contributed by atoms with Crippen LogP contribution in [-0.2, 0) is 31.9 Å². The average molecular weight is 406 g/mol. The second-order valence-corrected chi connectivity index (χ2v) is 7.04. The van der Waals surface area contributed by atoms with Crippen LogP contribution >= 0.6 is 0 Å². The monoisotopic (exact) mass is 406 g/mol. The molecule has 0 aliphatic carbocycles. The molecule has 0 atom stereocenters. The third kappa shape index (κ3) is 4.74. The highest BCUT2D eigenvalue weighted by Crippen LogP contribution is 2.29. The first kappa shape index (κ1) is 21.2. The highest BCUT2D eigenvalue weighted by molar-refractivity contribution is 6.08. The summed E-state index contributed by atoms with van der Waals surface area (Å²) in [6.07, 6.45) is 2.02. The lowest BCUT2D eigenvalue weighted by Crippen LogP contribution is -2.08. The molecule has 0 radical (unpaired) electrons. The zero-order chi connectivity index (χ0) is 21.7. The van der Waals surface area contributed by atoms with Crippen LogP contribution in [0.2, 0.25) is 0 Å². The summed E-state index contributed by atoms with van der Waals surface area (Å²) in [7, 11) is 0. The number of rotatable bonds is 8. The van der Waals surface area contributed by atoms with Crippen LogP contribution in [0.1, 0.15) is 18.1 Å². The van der Waals surface area contributed by atoms with Gasteiger partial charge in [0, 0.05) is 29.9 Å². The van der Waals surface area contributed by atoms with Gasteiger partial charge in [0.1, 0.15) is 5.82 Å². The quantitative estimate of drug-likeness (QED) is 0.298. The maximum atomic E-state index is 15.0. The molecule has 0 bridgehead atoms. The summed E-state index contributed by atoms with van der Waals surface area (Å²) >= 11 is 0. The fraction of sp³-hybridized carbons (Fsp3) is 0.200. The number of ether oxygens (including phenoxy) is 2. The van der Waals surface area contributed by atoms with Crippen molar-refractivity contribution in [2.75, 3.05) is 13.2 Å². The first-order valence-electron chi connectivity index (χ1n) is 9.65. The number of carbonyl (C=O) groups is 2. The van der Waals surface area contributed by atoms with E-state index in [1.54, 1.807) is 19.1 Å². The molecule has 0 aliphatic heterocycles. The van der Waals surface area contributed by atoms with E-state index in [0.717, 1.165) is 27.8 Å². The second kappa shape index (κ2) is 9.35. The molecule has 0 saturated carbocycles. The highest BCUT2D eigenvalue weighted by Gasteiger charge is 2.11. The van der Waals surface area contributed by atoms with Crippen molar-refractivity contribution in [3.8, 4) is 0 Å². The van der Waals surface area contributed by atoms with Gasteiger partial charge in [-0.05, 0) is 34.2 Å². The van der Waals surface area contributed by atoms with Crippen molar-refractivity contribution in [3.05, 3.63) is 84.2 Å². The topological polar surface area (TPSA) is 52.6 Å². The Morgan fingerprint density at radius 1 is 0.967 bits per heavy atom. The molecule has 0 unspecified atom stereocenters. The minimum atomic E-state index is -0.475. The number of esters is 2. The Labute approximate surface area is 174 Å². The average Bonchev–Trinajstić information content (AvgIpc) is 2.74. The summed E-state index contributed by atoms with van der Waals surface area (Å²) in [6.45, 7) is 8.84. The van der Waals surface area contributed by atoms with Crippen LogP contribution < -0.4 is 0 Å². The number of hydrogen-bond acceptors (Lipinski definition) is 4. The van der Waals surface area contributed by atoms with Crippen LogP contribution in [0.4, 0.5) is 4.39 Å². The molecule has 0 spiro atoms. The molecule has 0 aromatic heterocycles. The highest BCUT2D eigenvalue weighted by atomic mass is 19.1. The van der Waals surface area contributed by atoms with Crippen molar-refractivity contribution in [2.24, 2.45) is 0 Å².